The Labute approximate surface area is 228 Å². The molecule has 0 saturated carbocycles. The third-order valence-corrected chi connectivity index (χ3v) is 7.17. The summed E-state index contributed by atoms with van der Waals surface area (Å²) in [5.41, 5.74) is 8.36. The number of phenols is 1. The number of hydrogen-bond donors (Lipinski definition) is 2. The third-order valence-electron chi connectivity index (χ3n) is 6.09. The Balaban J connectivity index is 1.52. The normalized spacial score (nSPS) is 13.9. The molecule has 9 nitrogen and oxygen atoms in total. The van der Waals surface area contributed by atoms with Crippen molar-refractivity contribution in [2.24, 2.45) is 4.99 Å². The van der Waals surface area contributed by atoms with Crippen molar-refractivity contribution in [2.45, 2.75) is 25.0 Å². The van der Waals surface area contributed by atoms with Gasteiger partial charge in [-0.15, -0.1) is 10.2 Å². The van der Waals surface area contributed by atoms with Crippen LogP contribution >= 0.6 is 11.9 Å². The minimum absolute atomic E-state index is 0.0345. The molecule has 2 unspecified atom stereocenters. The van der Waals surface area contributed by atoms with Crippen LogP contribution in [0.5, 0.6) is 11.5 Å². The Hall–Kier alpha value is -4.69. The average Bonchev–Trinajstić information content (AvgIpc) is 3.39. The summed E-state index contributed by atoms with van der Waals surface area (Å²) in [6, 6.07) is 14.7. The van der Waals surface area contributed by atoms with E-state index in [0.29, 0.717) is 40.4 Å². The van der Waals surface area contributed by atoms with Gasteiger partial charge in [-0.2, -0.15) is 0 Å². The summed E-state index contributed by atoms with van der Waals surface area (Å²) < 4.78 is 23.7. The summed E-state index contributed by atoms with van der Waals surface area (Å²) in [5, 5.41) is 19.6. The molecule has 2 aromatic heterocycles. The Kier molecular flexibility index (Phi) is 7.56. The minimum Gasteiger partial charge on any atom is -0.506 e. The summed E-state index contributed by atoms with van der Waals surface area (Å²) in [5.74, 6) is 0.964. The maximum Gasteiger partial charge on any atom is 0.239 e. The molecule has 0 saturated heterocycles. The number of aromatic nitrogens is 5. The lowest BCUT2D eigenvalue weighted by Gasteiger charge is -2.19. The lowest BCUT2D eigenvalue weighted by atomic mass is 10.1. The van der Waals surface area contributed by atoms with Gasteiger partial charge < -0.3 is 9.84 Å². The zero-order valence-electron chi connectivity index (χ0n) is 21.3. The SMILES string of the molecule is COc1cccc(O)c1-n1c(NSC(C)C(C)c2ncc(F)cn2)nnc1C1=C=C=CC(c2ccccc2)=N1. The van der Waals surface area contributed by atoms with E-state index in [4.69, 9.17) is 9.73 Å². The largest absolute Gasteiger partial charge is 0.506 e. The number of phenolic OH excluding ortho intramolecular Hbond substituents is 1. The van der Waals surface area contributed by atoms with E-state index in [0.717, 1.165) is 18.0 Å². The van der Waals surface area contributed by atoms with Crippen molar-refractivity contribution in [3.8, 4) is 17.2 Å². The molecule has 5 rings (SSSR count). The van der Waals surface area contributed by atoms with Gasteiger partial charge in [0.2, 0.25) is 5.95 Å². The van der Waals surface area contributed by atoms with Gasteiger partial charge in [0, 0.05) is 22.8 Å². The number of benzene rings is 2. The predicted octanol–water partition coefficient (Wildman–Crippen LogP) is 5.32. The lowest BCUT2D eigenvalue weighted by molar-refractivity contribution is 0.404. The summed E-state index contributed by atoms with van der Waals surface area (Å²) in [7, 11) is 1.52. The van der Waals surface area contributed by atoms with Gasteiger partial charge in [0.1, 0.15) is 23.0 Å². The summed E-state index contributed by atoms with van der Waals surface area (Å²) in [6.07, 6.45) is 4.05. The van der Waals surface area contributed by atoms with E-state index < -0.39 is 5.82 Å². The second kappa shape index (κ2) is 11.4. The molecule has 3 heterocycles. The quantitative estimate of drug-likeness (QED) is 0.217. The molecule has 196 valence electrons. The molecule has 11 heteroatoms. The standard InChI is InChI=1S/C28H24FN7O2S/c1-17(26-30-15-20(29)16-31-26)18(2)39-35-28-34-33-27(36(28)25-23(37)13-8-14-24(25)38-3)22-12-7-11-21(32-22)19-9-5-4-6-10-19/h4-6,8-11,13-18,37H,1-3H3,(H,34,35). The Morgan fingerprint density at radius 1 is 1.05 bits per heavy atom. The van der Waals surface area contributed by atoms with Crippen LogP contribution in [0.1, 0.15) is 37.0 Å². The number of aliphatic imine (C=N–C) groups is 1. The molecule has 0 amide bonds. The van der Waals surface area contributed by atoms with Gasteiger partial charge in [0.25, 0.3) is 0 Å². The fourth-order valence-corrected chi connectivity index (χ4v) is 4.60. The highest BCUT2D eigenvalue weighted by atomic mass is 32.2. The van der Waals surface area contributed by atoms with Gasteiger partial charge in [0.05, 0.1) is 25.2 Å². The molecule has 0 fully saturated rings. The molecule has 2 atom stereocenters. The third kappa shape index (κ3) is 5.46. The van der Waals surface area contributed by atoms with E-state index in [-0.39, 0.29) is 16.9 Å². The van der Waals surface area contributed by atoms with Crippen LogP contribution in [0.3, 0.4) is 0 Å². The predicted molar refractivity (Wildman–Crippen MR) is 149 cm³/mol. The first-order valence-corrected chi connectivity index (χ1v) is 12.9. The number of nitrogens with zero attached hydrogens (tertiary/aromatic N) is 6. The van der Waals surface area contributed by atoms with Crippen LogP contribution in [-0.4, -0.2) is 47.9 Å². The first kappa shape index (κ1) is 25.9. The summed E-state index contributed by atoms with van der Waals surface area (Å²) in [6.45, 7) is 3.95. The summed E-state index contributed by atoms with van der Waals surface area (Å²) in [4.78, 5) is 13.0. The minimum atomic E-state index is -0.486. The first-order valence-electron chi connectivity index (χ1n) is 12.0. The van der Waals surface area contributed by atoms with Crippen LogP contribution in [0, 0.1) is 5.82 Å². The van der Waals surface area contributed by atoms with Crippen LogP contribution in [-0.2, 0) is 0 Å². The van der Waals surface area contributed by atoms with Crippen molar-refractivity contribution in [3.63, 3.8) is 0 Å². The number of halogens is 1. The van der Waals surface area contributed by atoms with E-state index >= 15 is 0 Å². The number of hydrogen-bond acceptors (Lipinski definition) is 9. The summed E-state index contributed by atoms with van der Waals surface area (Å²) >= 11 is 1.37. The zero-order valence-corrected chi connectivity index (χ0v) is 22.1. The van der Waals surface area contributed by atoms with E-state index in [1.807, 2.05) is 44.2 Å². The van der Waals surface area contributed by atoms with Crippen molar-refractivity contribution in [1.29, 1.82) is 0 Å². The van der Waals surface area contributed by atoms with Gasteiger partial charge in [-0.05, 0) is 29.8 Å². The topological polar surface area (TPSA) is 110 Å². The van der Waals surface area contributed by atoms with Crippen molar-refractivity contribution in [2.75, 3.05) is 11.8 Å². The van der Waals surface area contributed by atoms with Crippen LogP contribution < -0.4 is 9.46 Å². The second-order valence-electron chi connectivity index (χ2n) is 8.61. The molecular weight excluding hydrogens is 517 g/mol. The fraction of sp³-hybridized carbons (Fsp3) is 0.179. The molecule has 0 radical (unpaired) electrons. The van der Waals surface area contributed by atoms with Crippen molar-refractivity contribution in [3.05, 3.63) is 101 Å². The Morgan fingerprint density at radius 2 is 1.82 bits per heavy atom. The van der Waals surface area contributed by atoms with E-state index in [9.17, 15) is 9.50 Å². The molecule has 4 aromatic rings. The number of methoxy groups -OCH3 is 1. The van der Waals surface area contributed by atoms with Gasteiger partial charge in [0.15, 0.2) is 17.3 Å². The van der Waals surface area contributed by atoms with E-state index in [1.165, 1.54) is 19.1 Å². The van der Waals surface area contributed by atoms with Crippen molar-refractivity contribution < 1.29 is 14.2 Å². The molecule has 0 spiro atoms. The first-order chi connectivity index (χ1) is 19.0. The monoisotopic (exact) mass is 541 g/mol. The van der Waals surface area contributed by atoms with Crippen LogP contribution in [0.25, 0.3) is 11.4 Å². The number of allylic oxidation sites excluding steroid dienone is 1. The number of anilines is 1. The maximum atomic E-state index is 13.3. The van der Waals surface area contributed by atoms with Gasteiger partial charge in [-0.3, -0.25) is 9.29 Å². The number of nitrogens with one attached hydrogen (secondary N) is 1. The number of aromatic hydroxyl groups is 1. The van der Waals surface area contributed by atoms with Crippen LogP contribution in [0.4, 0.5) is 10.3 Å². The highest BCUT2D eigenvalue weighted by Gasteiger charge is 2.25. The second-order valence-corrected chi connectivity index (χ2v) is 9.79. The number of para-hydroxylation sites is 1. The van der Waals surface area contributed by atoms with Gasteiger partial charge in [-0.25, -0.2) is 19.4 Å². The molecular formula is C28H24FN7O2S. The zero-order chi connectivity index (χ0) is 27.4. The number of ether oxygens (including phenoxy) is 1. The smallest absolute Gasteiger partial charge is 0.239 e. The fourth-order valence-electron chi connectivity index (χ4n) is 3.85. The molecule has 2 aromatic carbocycles. The van der Waals surface area contributed by atoms with Crippen LogP contribution in [0.15, 0.2) is 83.5 Å². The number of rotatable bonds is 9. The molecule has 0 aliphatic carbocycles. The van der Waals surface area contributed by atoms with Crippen molar-refractivity contribution in [1.82, 2.24) is 24.7 Å². The Morgan fingerprint density at radius 3 is 2.56 bits per heavy atom. The highest BCUT2D eigenvalue weighted by molar-refractivity contribution is 8.01. The molecule has 39 heavy (non-hydrogen) atoms. The maximum absolute atomic E-state index is 13.3. The molecule has 2 N–H and O–H groups in total. The Bertz CT molecular complexity index is 1620. The van der Waals surface area contributed by atoms with Crippen molar-refractivity contribution >= 4 is 29.3 Å². The van der Waals surface area contributed by atoms with E-state index in [2.05, 4.69) is 36.3 Å². The molecule has 1 aliphatic rings. The van der Waals surface area contributed by atoms with E-state index in [1.54, 1.807) is 28.8 Å². The lowest BCUT2D eigenvalue weighted by Crippen LogP contribution is -2.15. The van der Waals surface area contributed by atoms with Gasteiger partial charge >= 0.3 is 0 Å². The van der Waals surface area contributed by atoms with Gasteiger partial charge in [-0.1, -0.05) is 56.0 Å². The highest BCUT2D eigenvalue weighted by Crippen LogP contribution is 2.37. The van der Waals surface area contributed by atoms with Crippen LogP contribution in [0.2, 0.25) is 0 Å². The average molecular weight is 542 g/mol. The molecule has 0 bridgehead atoms. The molecule has 1 aliphatic heterocycles.